The molecule has 0 rings (SSSR count). The van der Waals surface area contributed by atoms with E-state index in [0.717, 1.165) is 25.7 Å². The molecule has 0 radical (unpaired) electrons. The normalized spacial score (nSPS) is 11.5. The summed E-state index contributed by atoms with van der Waals surface area (Å²) in [6.07, 6.45) is 3.60. The number of unbranched alkanes of at least 4 members (excludes halogenated alkanes) is 1. The first-order valence-corrected chi connectivity index (χ1v) is 4.20. The van der Waals surface area contributed by atoms with Crippen molar-refractivity contribution in [1.29, 1.82) is 0 Å². The van der Waals surface area contributed by atoms with Gasteiger partial charge in [-0.3, -0.25) is 0 Å². The standard InChI is InChI=1S/C9H18O2/c1-4-5-8-11-9(2,3)6-7-10/h7H,4-6,8H2,1-3H3. The summed E-state index contributed by atoms with van der Waals surface area (Å²) in [6.45, 7) is 6.77. The predicted octanol–water partition coefficient (Wildman–Crippen LogP) is 2.17. The molecule has 0 aliphatic rings. The number of carbonyl (C=O) groups excluding carboxylic acids is 1. The molecule has 11 heavy (non-hydrogen) atoms. The summed E-state index contributed by atoms with van der Waals surface area (Å²) in [5, 5.41) is 0. The van der Waals surface area contributed by atoms with Crippen LogP contribution in [0.3, 0.4) is 0 Å². The van der Waals surface area contributed by atoms with Gasteiger partial charge >= 0.3 is 0 Å². The van der Waals surface area contributed by atoms with E-state index < -0.39 is 0 Å². The van der Waals surface area contributed by atoms with Crippen LogP contribution in [-0.4, -0.2) is 18.5 Å². The molecule has 2 nitrogen and oxygen atoms in total. The van der Waals surface area contributed by atoms with Crippen LogP contribution in [0.25, 0.3) is 0 Å². The Morgan fingerprint density at radius 3 is 2.55 bits per heavy atom. The number of rotatable bonds is 6. The Hall–Kier alpha value is -0.370. The molecule has 0 atom stereocenters. The molecule has 0 aliphatic carbocycles. The van der Waals surface area contributed by atoms with Crippen LogP contribution in [0.15, 0.2) is 0 Å². The lowest BCUT2D eigenvalue weighted by molar-refractivity contribution is -0.113. The van der Waals surface area contributed by atoms with E-state index in [0.29, 0.717) is 6.42 Å². The fourth-order valence-corrected chi connectivity index (χ4v) is 0.752. The van der Waals surface area contributed by atoms with Gasteiger partial charge in [0, 0.05) is 13.0 Å². The summed E-state index contributed by atoms with van der Waals surface area (Å²) >= 11 is 0. The van der Waals surface area contributed by atoms with Crippen molar-refractivity contribution in [1.82, 2.24) is 0 Å². The quantitative estimate of drug-likeness (QED) is 0.437. The second kappa shape index (κ2) is 5.30. The highest BCUT2D eigenvalue weighted by Gasteiger charge is 2.16. The lowest BCUT2D eigenvalue weighted by atomic mass is 10.1. The van der Waals surface area contributed by atoms with Crippen molar-refractivity contribution in [2.24, 2.45) is 0 Å². The van der Waals surface area contributed by atoms with Crippen LogP contribution >= 0.6 is 0 Å². The van der Waals surface area contributed by atoms with Crippen LogP contribution in [0.2, 0.25) is 0 Å². The van der Waals surface area contributed by atoms with E-state index in [-0.39, 0.29) is 5.60 Å². The van der Waals surface area contributed by atoms with Gasteiger partial charge in [-0.15, -0.1) is 0 Å². The van der Waals surface area contributed by atoms with Crippen LogP contribution in [0, 0.1) is 0 Å². The Morgan fingerprint density at radius 1 is 1.45 bits per heavy atom. The fourth-order valence-electron chi connectivity index (χ4n) is 0.752. The minimum Gasteiger partial charge on any atom is -0.375 e. The molecule has 2 heteroatoms. The topological polar surface area (TPSA) is 26.3 Å². The molecule has 0 heterocycles. The Kier molecular flexibility index (Phi) is 5.12. The first-order valence-electron chi connectivity index (χ1n) is 4.20. The van der Waals surface area contributed by atoms with Crippen molar-refractivity contribution in [3.63, 3.8) is 0 Å². The largest absolute Gasteiger partial charge is 0.375 e. The molecule has 0 fully saturated rings. The van der Waals surface area contributed by atoms with Gasteiger partial charge in [0.15, 0.2) is 0 Å². The van der Waals surface area contributed by atoms with E-state index in [1.54, 1.807) is 0 Å². The second-order valence-electron chi connectivity index (χ2n) is 3.33. The number of hydrogen-bond acceptors (Lipinski definition) is 2. The number of aldehydes is 1. The van der Waals surface area contributed by atoms with Gasteiger partial charge in [-0.2, -0.15) is 0 Å². The molecule has 0 saturated carbocycles. The van der Waals surface area contributed by atoms with E-state index in [1.165, 1.54) is 0 Å². The van der Waals surface area contributed by atoms with Gasteiger partial charge in [0.1, 0.15) is 6.29 Å². The maximum atomic E-state index is 10.2. The van der Waals surface area contributed by atoms with Crippen molar-refractivity contribution in [3.05, 3.63) is 0 Å². The van der Waals surface area contributed by atoms with Crippen molar-refractivity contribution in [2.45, 2.75) is 45.6 Å². The minimum absolute atomic E-state index is 0.267. The number of carbonyl (C=O) groups is 1. The van der Waals surface area contributed by atoms with Crippen LogP contribution < -0.4 is 0 Å². The van der Waals surface area contributed by atoms with Crippen molar-refractivity contribution < 1.29 is 9.53 Å². The third kappa shape index (κ3) is 6.05. The SMILES string of the molecule is CCCCOC(C)(C)CC=O. The highest BCUT2D eigenvalue weighted by atomic mass is 16.5. The van der Waals surface area contributed by atoms with Gasteiger partial charge in [0.2, 0.25) is 0 Å². The molecular formula is C9H18O2. The Bertz CT molecular complexity index is 108. The van der Waals surface area contributed by atoms with Gasteiger partial charge in [-0.05, 0) is 20.3 Å². The Morgan fingerprint density at radius 2 is 2.09 bits per heavy atom. The smallest absolute Gasteiger partial charge is 0.122 e. The molecule has 0 bridgehead atoms. The zero-order valence-corrected chi connectivity index (χ0v) is 7.72. The molecule has 0 amide bonds. The highest BCUT2D eigenvalue weighted by Crippen LogP contribution is 2.12. The Balaban J connectivity index is 3.45. The molecule has 0 aromatic carbocycles. The molecule has 0 N–H and O–H groups in total. The second-order valence-corrected chi connectivity index (χ2v) is 3.33. The van der Waals surface area contributed by atoms with Gasteiger partial charge in [-0.1, -0.05) is 13.3 Å². The lowest BCUT2D eigenvalue weighted by Gasteiger charge is -2.22. The van der Waals surface area contributed by atoms with Crippen LogP contribution in [0.1, 0.15) is 40.0 Å². The van der Waals surface area contributed by atoms with Gasteiger partial charge in [0.05, 0.1) is 5.60 Å². The summed E-state index contributed by atoms with van der Waals surface area (Å²) in [7, 11) is 0. The van der Waals surface area contributed by atoms with E-state index in [4.69, 9.17) is 4.74 Å². The van der Waals surface area contributed by atoms with Crippen LogP contribution in [0.4, 0.5) is 0 Å². The predicted molar refractivity (Wildman–Crippen MR) is 45.6 cm³/mol. The average molecular weight is 158 g/mol. The van der Waals surface area contributed by atoms with Crippen molar-refractivity contribution in [3.8, 4) is 0 Å². The fraction of sp³-hybridized carbons (Fsp3) is 0.889. The molecule has 0 aliphatic heterocycles. The van der Waals surface area contributed by atoms with Crippen LogP contribution in [0.5, 0.6) is 0 Å². The van der Waals surface area contributed by atoms with Gasteiger partial charge in [0.25, 0.3) is 0 Å². The molecular weight excluding hydrogens is 140 g/mol. The zero-order valence-electron chi connectivity index (χ0n) is 7.72. The van der Waals surface area contributed by atoms with Crippen LogP contribution in [-0.2, 0) is 9.53 Å². The van der Waals surface area contributed by atoms with Crippen molar-refractivity contribution in [2.75, 3.05) is 6.61 Å². The monoisotopic (exact) mass is 158 g/mol. The minimum atomic E-state index is -0.267. The average Bonchev–Trinajstić information content (AvgIpc) is 1.87. The van der Waals surface area contributed by atoms with E-state index in [9.17, 15) is 4.79 Å². The zero-order chi connectivity index (χ0) is 8.74. The third-order valence-electron chi connectivity index (χ3n) is 1.57. The third-order valence-corrected chi connectivity index (χ3v) is 1.57. The summed E-state index contributed by atoms with van der Waals surface area (Å²) in [6, 6.07) is 0. The van der Waals surface area contributed by atoms with Crippen molar-refractivity contribution >= 4 is 6.29 Å². The number of hydrogen-bond donors (Lipinski definition) is 0. The van der Waals surface area contributed by atoms with E-state index >= 15 is 0 Å². The first kappa shape index (κ1) is 10.6. The molecule has 0 spiro atoms. The van der Waals surface area contributed by atoms with E-state index in [2.05, 4.69) is 6.92 Å². The molecule has 66 valence electrons. The molecule has 0 unspecified atom stereocenters. The Labute approximate surface area is 68.9 Å². The summed E-state index contributed by atoms with van der Waals surface area (Å²) in [5.74, 6) is 0. The maximum Gasteiger partial charge on any atom is 0.122 e. The van der Waals surface area contributed by atoms with E-state index in [1.807, 2.05) is 13.8 Å². The summed E-state index contributed by atoms with van der Waals surface area (Å²) in [5.41, 5.74) is -0.267. The lowest BCUT2D eigenvalue weighted by Crippen LogP contribution is -2.25. The van der Waals surface area contributed by atoms with Gasteiger partial charge in [-0.25, -0.2) is 0 Å². The molecule has 0 saturated heterocycles. The molecule has 0 aromatic heterocycles. The van der Waals surface area contributed by atoms with Gasteiger partial charge < -0.3 is 9.53 Å². The maximum absolute atomic E-state index is 10.2. The number of ether oxygens (including phenoxy) is 1. The summed E-state index contributed by atoms with van der Waals surface area (Å²) < 4.78 is 5.48. The molecule has 0 aromatic rings. The summed E-state index contributed by atoms with van der Waals surface area (Å²) in [4.78, 5) is 10.2. The first-order chi connectivity index (χ1) is 5.12. The highest BCUT2D eigenvalue weighted by molar-refractivity contribution is 5.51.